The van der Waals surface area contributed by atoms with E-state index >= 15 is 0 Å². The first-order valence-electron chi connectivity index (χ1n) is 8.28. The minimum atomic E-state index is -0.327. The number of fused-ring (bicyclic) bond motifs is 1. The zero-order chi connectivity index (χ0) is 17.4. The van der Waals surface area contributed by atoms with Crippen LogP contribution in [0.5, 0.6) is 0 Å². The molecule has 0 radical (unpaired) electrons. The number of amides is 1. The fraction of sp³-hybridized carbons (Fsp3) is 0.588. The third-order valence-electron chi connectivity index (χ3n) is 4.93. The van der Waals surface area contributed by atoms with Gasteiger partial charge in [-0.3, -0.25) is 9.59 Å². The van der Waals surface area contributed by atoms with Crippen molar-refractivity contribution in [3.8, 4) is 0 Å². The van der Waals surface area contributed by atoms with Gasteiger partial charge in [-0.15, -0.1) is 11.3 Å². The highest BCUT2D eigenvalue weighted by atomic mass is 32.1. The van der Waals surface area contributed by atoms with Crippen LogP contribution in [0.2, 0.25) is 0 Å². The van der Waals surface area contributed by atoms with Gasteiger partial charge in [0.05, 0.1) is 22.7 Å². The summed E-state index contributed by atoms with van der Waals surface area (Å²) in [6, 6.07) is 0. The molecule has 2 aromatic heterocycles. The van der Waals surface area contributed by atoms with E-state index in [1.807, 2.05) is 0 Å². The van der Waals surface area contributed by atoms with Crippen molar-refractivity contribution >= 4 is 27.5 Å². The van der Waals surface area contributed by atoms with Crippen LogP contribution in [0.1, 0.15) is 40.9 Å². The van der Waals surface area contributed by atoms with Crippen LogP contribution in [-0.2, 0) is 7.05 Å². The van der Waals surface area contributed by atoms with Crippen LogP contribution < -0.4 is 5.56 Å². The highest BCUT2D eigenvalue weighted by Crippen LogP contribution is 2.29. The first-order valence-corrected chi connectivity index (χ1v) is 9.10. The summed E-state index contributed by atoms with van der Waals surface area (Å²) in [5.41, 5.74) is 0.572. The molecule has 1 aliphatic carbocycles. The molecule has 1 amide bonds. The molecule has 1 saturated carbocycles. The highest BCUT2D eigenvalue weighted by Gasteiger charge is 2.27. The number of carbonyl (C=O) groups is 1. The lowest BCUT2D eigenvalue weighted by atomic mass is 9.86. The zero-order valence-corrected chi connectivity index (χ0v) is 15.1. The van der Waals surface area contributed by atoms with E-state index in [9.17, 15) is 14.7 Å². The molecule has 1 fully saturated rings. The molecule has 7 heteroatoms. The average Bonchev–Trinajstić information content (AvgIpc) is 2.90. The molecule has 0 aliphatic heterocycles. The van der Waals surface area contributed by atoms with Gasteiger partial charge in [0.25, 0.3) is 11.5 Å². The Labute approximate surface area is 144 Å². The zero-order valence-electron chi connectivity index (χ0n) is 14.3. The Morgan fingerprint density at radius 3 is 2.88 bits per heavy atom. The summed E-state index contributed by atoms with van der Waals surface area (Å²) in [6.07, 6.45) is 5.08. The van der Waals surface area contributed by atoms with Crippen LogP contribution in [0, 0.1) is 12.8 Å². The van der Waals surface area contributed by atoms with Crippen LogP contribution >= 0.6 is 11.3 Å². The normalized spacial score (nSPS) is 21.2. The SMILES string of the molecule is Cc1c(C(=O)N(C)CC2CCCCC2O)sc2ncn(C)c(=O)c12. The van der Waals surface area contributed by atoms with Gasteiger partial charge in [0.1, 0.15) is 4.83 Å². The summed E-state index contributed by atoms with van der Waals surface area (Å²) < 4.78 is 1.43. The molecular formula is C17H23N3O3S. The van der Waals surface area contributed by atoms with E-state index < -0.39 is 0 Å². The molecular weight excluding hydrogens is 326 g/mol. The van der Waals surface area contributed by atoms with Gasteiger partial charge in [0.15, 0.2) is 0 Å². The first kappa shape index (κ1) is 17.1. The molecule has 2 unspecified atom stereocenters. The molecule has 1 N–H and O–H groups in total. The van der Waals surface area contributed by atoms with Crippen LogP contribution in [0.3, 0.4) is 0 Å². The lowest BCUT2D eigenvalue weighted by molar-refractivity contribution is 0.0453. The molecule has 0 bridgehead atoms. The number of thiophene rings is 1. The number of carbonyl (C=O) groups excluding carboxylic acids is 1. The summed E-state index contributed by atoms with van der Waals surface area (Å²) in [7, 11) is 3.42. The maximum Gasteiger partial charge on any atom is 0.264 e. The molecule has 1 aliphatic rings. The largest absolute Gasteiger partial charge is 0.393 e. The number of aryl methyl sites for hydroxylation is 2. The maximum atomic E-state index is 12.8. The molecule has 2 aromatic rings. The van der Waals surface area contributed by atoms with Crippen molar-refractivity contribution in [2.75, 3.05) is 13.6 Å². The first-order chi connectivity index (χ1) is 11.4. The van der Waals surface area contributed by atoms with Crippen LogP contribution in [-0.4, -0.2) is 45.2 Å². The minimum absolute atomic E-state index is 0.102. The topological polar surface area (TPSA) is 75.4 Å². The molecule has 3 rings (SSSR count). The van der Waals surface area contributed by atoms with Crippen molar-refractivity contribution in [2.24, 2.45) is 13.0 Å². The lowest BCUT2D eigenvalue weighted by Crippen LogP contribution is -2.38. The number of hydrogen-bond donors (Lipinski definition) is 1. The Balaban J connectivity index is 1.87. The van der Waals surface area contributed by atoms with E-state index in [2.05, 4.69) is 4.98 Å². The predicted octanol–water partition coefficient (Wildman–Crippen LogP) is 1.93. The van der Waals surface area contributed by atoms with E-state index in [0.717, 1.165) is 25.7 Å². The van der Waals surface area contributed by atoms with Gasteiger partial charge in [-0.1, -0.05) is 12.8 Å². The Morgan fingerprint density at radius 2 is 2.17 bits per heavy atom. The lowest BCUT2D eigenvalue weighted by Gasteiger charge is -2.31. The standard InChI is InChI=1S/C17H23N3O3S/c1-10-13-15(18-9-20(3)16(13)22)24-14(10)17(23)19(2)8-11-6-4-5-7-12(11)21/h9,11-12,21H,4-8H2,1-3H3. The van der Waals surface area contributed by atoms with Gasteiger partial charge in [-0.25, -0.2) is 4.98 Å². The van der Waals surface area contributed by atoms with Crippen LogP contribution in [0.15, 0.2) is 11.1 Å². The van der Waals surface area contributed by atoms with Crippen molar-refractivity contribution in [3.63, 3.8) is 0 Å². The van der Waals surface area contributed by atoms with Gasteiger partial charge in [-0.2, -0.15) is 0 Å². The highest BCUT2D eigenvalue weighted by molar-refractivity contribution is 7.20. The molecule has 0 saturated heterocycles. The molecule has 24 heavy (non-hydrogen) atoms. The molecule has 0 aromatic carbocycles. The maximum absolute atomic E-state index is 12.8. The fourth-order valence-electron chi connectivity index (χ4n) is 3.42. The molecule has 130 valence electrons. The molecule has 2 atom stereocenters. The number of aromatic nitrogens is 2. The average molecular weight is 349 g/mol. The summed E-state index contributed by atoms with van der Waals surface area (Å²) in [6.45, 7) is 2.34. The minimum Gasteiger partial charge on any atom is -0.393 e. The number of aliphatic hydroxyl groups excluding tert-OH is 1. The van der Waals surface area contributed by atoms with Gasteiger partial charge in [-0.05, 0) is 25.3 Å². The molecule has 0 spiro atoms. The van der Waals surface area contributed by atoms with E-state index in [1.54, 1.807) is 25.9 Å². The number of rotatable bonds is 3. The van der Waals surface area contributed by atoms with Gasteiger partial charge in [0, 0.05) is 26.6 Å². The Bertz CT molecular complexity index is 826. The number of nitrogens with zero attached hydrogens (tertiary/aromatic N) is 3. The Morgan fingerprint density at radius 1 is 1.46 bits per heavy atom. The number of hydrogen-bond acceptors (Lipinski definition) is 5. The third kappa shape index (κ3) is 2.98. The van der Waals surface area contributed by atoms with E-state index in [-0.39, 0.29) is 23.5 Å². The second-order valence-corrected chi connectivity index (χ2v) is 7.69. The third-order valence-corrected chi connectivity index (χ3v) is 6.12. The Kier molecular flexibility index (Phi) is 4.73. The van der Waals surface area contributed by atoms with Crippen LogP contribution in [0.25, 0.3) is 10.2 Å². The fourth-order valence-corrected chi connectivity index (χ4v) is 4.56. The second kappa shape index (κ2) is 6.64. The van der Waals surface area contributed by atoms with Crippen LogP contribution in [0.4, 0.5) is 0 Å². The van der Waals surface area contributed by atoms with Crippen molar-refractivity contribution in [1.82, 2.24) is 14.5 Å². The summed E-state index contributed by atoms with van der Waals surface area (Å²) in [5.74, 6) is 0.0312. The second-order valence-electron chi connectivity index (χ2n) is 6.69. The van der Waals surface area contributed by atoms with Gasteiger partial charge >= 0.3 is 0 Å². The monoisotopic (exact) mass is 349 g/mol. The van der Waals surface area contributed by atoms with E-state index in [0.29, 0.717) is 27.2 Å². The summed E-state index contributed by atoms with van der Waals surface area (Å²) >= 11 is 1.27. The van der Waals surface area contributed by atoms with E-state index in [4.69, 9.17) is 0 Å². The van der Waals surface area contributed by atoms with Crippen molar-refractivity contribution in [2.45, 2.75) is 38.7 Å². The summed E-state index contributed by atoms with van der Waals surface area (Å²) in [5, 5.41) is 10.6. The summed E-state index contributed by atoms with van der Waals surface area (Å²) in [4.78, 5) is 32.2. The predicted molar refractivity (Wildman–Crippen MR) is 94.5 cm³/mol. The van der Waals surface area contributed by atoms with Gasteiger partial charge in [0.2, 0.25) is 0 Å². The number of aliphatic hydroxyl groups is 1. The van der Waals surface area contributed by atoms with Crippen molar-refractivity contribution in [3.05, 3.63) is 27.1 Å². The quantitative estimate of drug-likeness (QED) is 0.919. The van der Waals surface area contributed by atoms with Gasteiger partial charge < -0.3 is 14.6 Å². The molecule has 2 heterocycles. The van der Waals surface area contributed by atoms with Crippen molar-refractivity contribution < 1.29 is 9.90 Å². The Hall–Kier alpha value is -1.73. The van der Waals surface area contributed by atoms with E-state index in [1.165, 1.54) is 22.2 Å². The van der Waals surface area contributed by atoms with Crippen molar-refractivity contribution in [1.29, 1.82) is 0 Å². The smallest absolute Gasteiger partial charge is 0.264 e. The molecule has 6 nitrogen and oxygen atoms in total.